The van der Waals surface area contributed by atoms with Gasteiger partial charge in [-0.25, -0.2) is 0 Å². The predicted molar refractivity (Wildman–Crippen MR) is 73.3 cm³/mol. The first-order valence-electron chi connectivity index (χ1n) is 7.28. The molecular formula is C14H30N2O. The SMILES string of the molecule is CCNC(C)(CO)CCN1CCCCCCC1. The molecule has 0 bridgehead atoms. The monoisotopic (exact) mass is 242 g/mol. The Morgan fingerprint density at radius 1 is 1.12 bits per heavy atom. The molecule has 0 aliphatic carbocycles. The molecule has 1 unspecified atom stereocenters. The molecule has 3 nitrogen and oxygen atoms in total. The van der Waals surface area contributed by atoms with E-state index in [0.29, 0.717) is 0 Å². The zero-order valence-electron chi connectivity index (χ0n) is 11.7. The number of aliphatic hydroxyl groups excluding tert-OH is 1. The summed E-state index contributed by atoms with van der Waals surface area (Å²) in [5.41, 5.74) is -0.100. The second-order valence-corrected chi connectivity index (χ2v) is 5.61. The number of hydrogen-bond acceptors (Lipinski definition) is 3. The third-order valence-corrected chi connectivity index (χ3v) is 3.88. The smallest absolute Gasteiger partial charge is 0.0611 e. The largest absolute Gasteiger partial charge is 0.394 e. The summed E-state index contributed by atoms with van der Waals surface area (Å²) < 4.78 is 0. The van der Waals surface area contributed by atoms with E-state index in [4.69, 9.17) is 0 Å². The Labute approximate surface area is 107 Å². The average Bonchev–Trinajstić information content (AvgIpc) is 2.28. The fraction of sp³-hybridized carbons (Fsp3) is 1.00. The van der Waals surface area contributed by atoms with Gasteiger partial charge in [-0.1, -0.05) is 26.2 Å². The van der Waals surface area contributed by atoms with Crippen molar-refractivity contribution >= 4 is 0 Å². The lowest BCUT2D eigenvalue weighted by Gasteiger charge is -2.32. The van der Waals surface area contributed by atoms with Crippen molar-refractivity contribution in [2.24, 2.45) is 0 Å². The van der Waals surface area contributed by atoms with Crippen molar-refractivity contribution in [3.8, 4) is 0 Å². The second-order valence-electron chi connectivity index (χ2n) is 5.61. The number of hydrogen-bond donors (Lipinski definition) is 2. The molecule has 0 radical (unpaired) electrons. The van der Waals surface area contributed by atoms with Gasteiger partial charge in [0.2, 0.25) is 0 Å². The fourth-order valence-electron chi connectivity index (χ4n) is 2.59. The summed E-state index contributed by atoms with van der Waals surface area (Å²) in [5, 5.41) is 12.9. The quantitative estimate of drug-likeness (QED) is 0.748. The van der Waals surface area contributed by atoms with Gasteiger partial charge in [-0.15, -0.1) is 0 Å². The average molecular weight is 242 g/mol. The number of nitrogens with zero attached hydrogens (tertiary/aromatic N) is 1. The Morgan fingerprint density at radius 3 is 2.24 bits per heavy atom. The van der Waals surface area contributed by atoms with E-state index in [1.807, 2.05) is 0 Å². The van der Waals surface area contributed by atoms with E-state index in [1.165, 1.54) is 45.2 Å². The van der Waals surface area contributed by atoms with Crippen molar-refractivity contribution in [3.05, 3.63) is 0 Å². The molecule has 3 heteroatoms. The van der Waals surface area contributed by atoms with E-state index in [2.05, 4.69) is 24.1 Å². The molecule has 0 aromatic carbocycles. The van der Waals surface area contributed by atoms with Crippen molar-refractivity contribution < 1.29 is 5.11 Å². The van der Waals surface area contributed by atoms with Crippen molar-refractivity contribution in [2.45, 2.75) is 57.9 Å². The maximum Gasteiger partial charge on any atom is 0.0611 e. The molecule has 1 fully saturated rings. The van der Waals surface area contributed by atoms with Gasteiger partial charge in [-0.3, -0.25) is 0 Å². The topological polar surface area (TPSA) is 35.5 Å². The third kappa shape index (κ3) is 5.84. The van der Waals surface area contributed by atoms with Crippen LogP contribution in [0.2, 0.25) is 0 Å². The van der Waals surface area contributed by atoms with Crippen molar-refractivity contribution in [2.75, 3.05) is 32.8 Å². The maximum atomic E-state index is 9.47. The van der Waals surface area contributed by atoms with Gasteiger partial charge in [0, 0.05) is 5.54 Å². The van der Waals surface area contributed by atoms with Gasteiger partial charge in [0.25, 0.3) is 0 Å². The van der Waals surface area contributed by atoms with Crippen molar-refractivity contribution in [1.82, 2.24) is 10.2 Å². The molecule has 0 aromatic rings. The third-order valence-electron chi connectivity index (χ3n) is 3.88. The van der Waals surface area contributed by atoms with Crippen LogP contribution in [0.1, 0.15) is 52.4 Å². The van der Waals surface area contributed by atoms with Crippen LogP contribution in [0.3, 0.4) is 0 Å². The van der Waals surface area contributed by atoms with E-state index < -0.39 is 0 Å². The lowest BCUT2D eigenvalue weighted by atomic mass is 9.98. The molecule has 0 spiro atoms. The summed E-state index contributed by atoms with van der Waals surface area (Å²) in [5.74, 6) is 0. The van der Waals surface area contributed by atoms with Crippen LogP contribution in [0, 0.1) is 0 Å². The minimum Gasteiger partial charge on any atom is -0.394 e. The van der Waals surface area contributed by atoms with Gasteiger partial charge in [-0.2, -0.15) is 0 Å². The van der Waals surface area contributed by atoms with Crippen LogP contribution >= 0.6 is 0 Å². The van der Waals surface area contributed by atoms with Crippen LogP contribution in [-0.2, 0) is 0 Å². The Bertz CT molecular complexity index is 191. The number of likely N-dealkylation sites (N-methyl/N-ethyl adjacent to an activating group) is 1. The van der Waals surface area contributed by atoms with Gasteiger partial charge >= 0.3 is 0 Å². The Balaban J connectivity index is 2.30. The Morgan fingerprint density at radius 2 is 1.71 bits per heavy atom. The summed E-state index contributed by atoms with van der Waals surface area (Å²) in [4.78, 5) is 2.57. The highest BCUT2D eigenvalue weighted by Gasteiger charge is 2.22. The molecule has 1 atom stereocenters. The van der Waals surface area contributed by atoms with Gasteiger partial charge in [-0.05, 0) is 52.4 Å². The first-order chi connectivity index (χ1) is 8.20. The zero-order chi connectivity index (χ0) is 12.6. The zero-order valence-corrected chi connectivity index (χ0v) is 11.7. The van der Waals surface area contributed by atoms with Crippen LogP contribution in [-0.4, -0.2) is 48.3 Å². The van der Waals surface area contributed by atoms with Crippen LogP contribution < -0.4 is 5.32 Å². The Kier molecular flexibility index (Phi) is 7.09. The van der Waals surface area contributed by atoms with Crippen molar-refractivity contribution in [3.63, 3.8) is 0 Å². The van der Waals surface area contributed by atoms with Gasteiger partial charge in [0.15, 0.2) is 0 Å². The molecular weight excluding hydrogens is 212 g/mol. The molecule has 1 heterocycles. The van der Waals surface area contributed by atoms with E-state index in [-0.39, 0.29) is 12.1 Å². The molecule has 1 rings (SSSR count). The summed E-state index contributed by atoms with van der Waals surface area (Å²) in [7, 11) is 0. The first-order valence-corrected chi connectivity index (χ1v) is 7.28. The maximum absolute atomic E-state index is 9.47. The first kappa shape index (κ1) is 14.9. The molecule has 102 valence electrons. The summed E-state index contributed by atoms with van der Waals surface area (Å²) >= 11 is 0. The van der Waals surface area contributed by atoms with Crippen LogP contribution in [0.4, 0.5) is 0 Å². The van der Waals surface area contributed by atoms with E-state index in [0.717, 1.165) is 19.5 Å². The second kappa shape index (κ2) is 8.06. The summed E-state index contributed by atoms with van der Waals surface area (Å²) in [6, 6.07) is 0. The number of nitrogens with one attached hydrogen (secondary N) is 1. The van der Waals surface area contributed by atoms with E-state index in [9.17, 15) is 5.11 Å². The summed E-state index contributed by atoms with van der Waals surface area (Å²) in [6.45, 7) is 8.99. The molecule has 0 amide bonds. The van der Waals surface area contributed by atoms with Crippen LogP contribution in [0.15, 0.2) is 0 Å². The van der Waals surface area contributed by atoms with E-state index in [1.54, 1.807) is 0 Å². The molecule has 1 aliphatic heterocycles. The Hall–Kier alpha value is -0.120. The minimum absolute atomic E-state index is 0.100. The minimum atomic E-state index is -0.100. The highest BCUT2D eigenvalue weighted by atomic mass is 16.3. The summed E-state index contributed by atoms with van der Waals surface area (Å²) in [6.07, 6.45) is 7.92. The molecule has 2 N–H and O–H groups in total. The van der Waals surface area contributed by atoms with E-state index >= 15 is 0 Å². The van der Waals surface area contributed by atoms with Crippen LogP contribution in [0.25, 0.3) is 0 Å². The highest BCUT2D eigenvalue weighted by molar-refractivity contribution is 4.83. The molecule has 1 aliphatic rings. The molecule has 1 saturated heterocycles. The van der Waals surface area contributed by atoms with Crippen LogP contribution in [0.5, 0.6) is 0 Å². The standard InChI is InChI=1S/C14H30N2O/c1-3-15-14(2,13-17)9-12-16-10-7-5-4-6-8-11-16/h15,17H,3-13H2,1-2H3. The number of rotatable bonds is 6. The lowest BCUT2D eigenvalue weighted by Crippen LogP contribution is -2.48. The highest BCUT2D eigenvalue weighted by Crippen LogP contribution is 2.14. The normalized spacial score (nSPS) is 22.8. The van der Waals surface area contributed by atoms with Gasteiger partial charge < -0.3 is 15.3 Å². The molecule has 0 aromatic heterocycles. The van der Waals surface area contributed by atoms with Gasteiger partial charge in [0.05, 0.1) is 6.61 Å². The molecule has 17 heavy (non-hydrogen) atoms. The number of aliphatic hydroxyl groups is 1. The fourth-order valence-corrected chi connectivity index (χ4v) is 2.59. The number of likely N-dealkylation sites (tertiary alicyclic amines) is 1. The van der Waals surface area contributed by atoms with Crippen molar-refractivity contribution in [1.29, 1.82) is 0 Å². The van der Waals surface area contributed by atoms with Gasteiger partial charge in [0.1, 0.15) is 0 Å². The molecule has 0 saturated carbocycles. The predicted octanol–water partition coefficient (Wildman–Crippen LogP) is 2.00. The lowest BCUT2D eigenvalue weighted by molar-refractivity contribution is 0.143.